The molecule has 1 aliphatic heterocycles. The second-order valence-electron chi connectivity index (χ2n) is 8.04. The summed E-state index contributed by atoms with van der Waals surface area (Å²) in [4.78, 5) is 26.0. The Morgan fingerprint density at radius 2 is 1.66 bits per heavy atom. The van der Waals surface area contributed by atoms with Crippen molar-refractivity contribution in [1.29, 1.82) is 0 Å². The topological polar surface area (TPSA) is 70.6 Å². The number of aromatic nitrogens is 2. The van der Waals surface area contributed by atoms with Crippen LogP contribution in [0.4, 0.5) is 17.3 Å². The molecular weight excluding hydrogens is 402 g/mol. The standard InChI is InChI=1S/C25H29N5O2/c1-18-4-8-21(9-5-18)28-23-17-24(27-19(2)26-23)29-12-14-30(15-13-29)25(31)16-20-6-10-22(32-3)11-7-20/h4-11,17H,12-16H2,1-3H3,(H,26,27,28). The van der Waals surface area contributed by atoms with E-state index in [2.05, 4.69) is 39.2 Å². The van der Waals surface area contributed by atoms with Crippen LogP contribution in [0.15, 0.2) is 54.6 Å². The molecule has 32 heavy (non-hydrogen) atoms. The first-order chi connectivity index (χ1) is 15.5. The Labute approximate surface area is 189 Å². The van der Waals surface area contributed by atoms with Gasteiger partial charge in [-0.2, -0.15) is 0 Å². The molecular formula is C25H29N5O2. The minimum absolute atomic E-state index is 0.149. The fourth-order valence-electron chi connectivity index (χ4n) is 3.78. The fraction of sp³-hybridized carbons (Fsp3) is 0.320. The van der Waals surface area contributed by atoms with E-state index in [1.807, 2.05) is 54.3 Å². The van der Waals surface area contributed by atoms with Gasteiger partial charge in [-0.15, -0.1) is 0 Å². The van der Waals surface area contributed by atoms with Gasteiger partial charge in [-0.05, 0) is 43.7 Å². The number of hydrogen-bond acceptors (Lipinski definition) is 6. The molecule has 0 spiro atoms. The van der Waals surface area contributed by atoms with Crippen molar-refractivity contribution in [3.05, 3.63) is 71.5 Å². The highest BCUT2D eigenvalue weighted by Crippen LogP contribution is 2.22. The molecule has 1 aliphatic rings. The maximum absolute atomic E-state index is 12.7. The lowest BCUT2D eigenvalue weighted by molar-refractivity contribution is -0.130. The number of benzene rings is 2. The highest BCUT2D eigenvalue weighted by Gasteiger charge is 2.22. The Kier molecular flexibility index (Phi) is 6.54. The van der Waals surface area contributed by atoms with Crippen molar-refractivity contribution in [1.82, 2.24) is 14.9 Å². The highest BCUT2D eigenvalue weighted by molar-refractivity contribution is 5.79. The smallest absolute Gasteiger partial charge is 0.227 e. The van der Waals surface area contributed by atoms with Gasteiger partial charge in [0.1, 0.15) is 23.2 Å². The van der Waals surface area contributed by atoms with E-state index in [4.69, 9.17) is 4.74 Å². The zero-order valence-electron chi connectivity index (χ0n) is 18.8. The van der Waals surface area contributed by atoms with Crippen LogP contribution in [-0.4, -0.2) is 54.1 Å². The molecule has 0 unspecified atom stereocenters. The lowest BCUT2D eigenvalue weighted by Gasteiger charge is -2.35. The highest BCUT2D eigenvalue weighted by atomic mass is 16.5. The van der Waals surface area contributed by atoms with Crippen LogP contribution in [0.1, 0.15) is 17.0 Å². The molecule has 166 valence electrons. The zero-order valence-corrected chi connectivity index (χ0v) is 18.8. The summed E-state index contributed by atoms with van der Waals surface area (Å²) in [5.41, 5.74) is 3.21. The molecule has 1 aromatic heterocycles. The summed E-state index contributed by atoms with van der Waals surface area (Å²) in [7, 11) is 1.64. The average molecular weight is 432 g/mol. The lowest BCUT2D eigenvalue weighted by atomic mass is 10.1. The SMILES string of the molecule is COc1ccc(CC(=O)N2CCN(c3cc(Nc4ccc(C)cc4)nc(C)n3)CC2)cc1. The van der Waals surface area contributed by atoms with Gasteiger partial charge in [0.25, 0.3) is 0 Å². The maximum Gasteiger partial charge on any atom is 0.227 e. The summed E-state index contributed by atoms with van der Waals surface area (Å²) in [6.45, 7) is 6.82. The van der Waals surface area contributed by atoms with Gasteiger partial charge in [0.2, 0.25) is 5.91 Å². The normalized spacial score (nSPS) is 13.7. The Hall–Kier alpha value is -3.61. The van der Waals surface area contributed by atoms with Gasteiger partial charge in [-0.3, -0.25) is 4.79 Å². The van der Waals surface area contributed by atoms with Crippen LogP contribution in [0, 0.1) is 13.8 Å². The molecule has 2 heterocycles. The molecule has 3 aromatic rings. The number of piperazine rings is 1. The first kappa shape index (κ1) is 21.6. The minimum Gasteiger partial charge on any atom is -0.497 e. The van der Waals surface area contributed by atoms with E-state index in [9.17, 15) is 4.79 Å². The van der Waals surface area contributed by atoms with Crippen molar-refractivity contribution in [2.24, 2.45) is 0 Å². The first-order valence-electron chi connectivity index (χ1n) is 10.9. The van der Waals surface area contributed by atoms with E-state index in [0.29, 0.717) is 19.5 Å². The summed E-state index contributed by atoms with van der Waals surface area (Å²) in [6.07, 6.45) is 0.404. The van der Waals surface area contributed by atoms with Crippen molar-refractivity contribution in [3.63, 3.8) is 0 Å². The van der Waals surface area contributed by atoms with Crippen molar-refractivity contribution in [3.8, 4) is 5.75 Å². The fourth-order valence-corrected chi connectivity index (χ4v) is 3.78. The predicted molar refractivity (Wildman–Crippen MR) is 127 cm³/mol. The average Bonchev–Trinajstić information content (AvgIpc) is 2.81. The molecule has 0 saturated carbocycles. The molecule has 7 nitrogen and oxygen atoms in total. The number of nitrogens with one attached hydrogen (secondary N) is 1. The quantitative estimate of drug-likeness (QED) is 0.641. The monoisotopic (exact) mass is 431 g/mol. The number of ether oxygens (including phenoxy) is 1. The van der Waals surface area contributed by atoms with Gasteiger partial charge in [-0.1, -0.05) is 29.8 Å². The summed E-state index contributed by atoms with van der Waals surface area (Å²) in [6, 6.07) is 17.9. The number of anilines is 3. The predicted octanol–water partition coefficient (Wildman–Crippen LogP) is 3.74. The van der Waals surface area contributed by atoms with Crippen LogP contribution in [0.2, 0.25) is 0 Å². The molecule has 4 rings (SSSR count). The summed E-state index contributed by atoms with van der Waals surface area (Å²) < 4.78 is 5.18. The van der Waals surface area contributed by atoms with E-state index in [0.717, 1.165) is 47.5 Å². The van der Waals surface area contributed by atoms with E-state index in [-0.39, 0.29) is 5.91 Å². The Morgan fingerprint density at radius 3 is 2.31 bits per heavy atom. The van der Waals surface area contributed by atoms with Gasteiger partial charge >= 0.3 is 0 Å². The Morgan fingerprint density at radius 1 is 0.969 bits per heavy atom. The maximum atomic E-state index is 12.7. The van der Waals surface area contributed by atoms with Crippen LogP contribution < -0.4 is 15.0 Å². The number of carbonyl (C=O) groups is 1. The second-order valence-corrected chi connectivity index (χ2v) is 8.04. The van der Waals surface area contributed by atoms with Crippen molar-refractivity contribution >= 4 is 23.2 Å². The molecule has 0 radical (unpaired) electrons. The molecule has 1 saturated heterocycles. The largest absolute Gasteiger partial charge is 0.497 e. The summed E-state index contributed by atoms with van der Waals surface area (Å²) >= 11 is 0. The second kappa shape index (κ2) is 9.68. The van der Waals surface area contributed by atoms with Crippen LogP contribution >= 0.6 is 0 Å². The Balaban J connectivity index is 1.36. The molecule has 7 heteroatoms. The number of nitrogens with zero attached hydrogens (tertiary/aromatic N) is 4. The third-order valence-corrected chi connectivity index (χ3v) is 5.62. The van der Waals surface area contributed by atoms with Gasteiger partial charge in [0.05, 0.1) is 13.5 Å². The van der Waals surface area contributed by atoms with Crippen molar-refractivity contribution in [2.75, 3.05) is 43.5 Å². The molecule has 1 N–H and O–H groups in total. The zero-order chi connectivity index (χ0) is 22.5. The summed E-state index contributed by atoms with van der Waals surface area (Å²) in [5.74, 6) is 3.32. The molecule has 2 aromatic carbocycles. The van der Waals surface area contributed by atoms with E-state index in [1.54, 1.807) is 7.11 Å². The molecule has 1 amide bonds. The minimum atomic E-state index is 0.149. The number of methoxy groups -OCH3 is 1. The summed E-state index contributed by atoms with van der Waals surface area (Å²) in [5, 5.41) is 3.36. The van der Waals surface area contributed by atoms with Crippen LogP contribution in [0.5, 0.6) is 5.75 Å². The molecule has 1 fully saturated rings. The van der Waals surface area contributed by atoms with Gasteiger partial charge in [0, 0.05) is 37.9 Å². The van der Waals surface area contributed by atoms with Crippen molar-refractivity contribution < 1.29 is 9.53 Å². The van der Waals surface area contributed by atoms with Crippen molar-refractivity contribution in [2.45, 2.75) is 20.3 Å². The number of rotatable bonds is 6. The van der Waals surface area contributed by atoms with E-state index >= 15 is 0 Å². The lowest BCUT2D eigenvalue weighted by Crippen LogP contribution is -2.49. The molecule has 0 aliphatic carbocycles. The van der Waals surface area contributed by atoms with Crippen LogP contribution in [-0.2, 0) is 11.2 Å². The van der Waals surface area contributed by atoms with Gasteiger partial charge in [-0.25, -0.2) is 9.97 Å². The number of hydrogen-bond donors (Lipinski definition) is 1. The van der Waals surface area contributed by atoms with E-state index < -0.39 is 0 Å². The molecule has 0 bridgehead atoms. The van der Waals surface area contributed by atoms with Gasteiger partial charge in [0.15, 0.2) is 0 Å². The first-order valence-corrected chi connectivity index (χ1v) is 10.9. The third kappa shape index (κ3) is 5.35. The third-order valence-electron chi connectivity index (χ3n) is 5.62. The number of carbonyl (C=O) groups excluding carboxylic acids is 1. The number of aryl methyl sites for hydroxylation is 2. The van der Waals surface area contributed by atoms with Crippen LogP contribution in [0.3, 0.4) is 0 Å². The Bertz CT molecular complexity index is 1060. The van der Waals surface area contributed by atoms with E-state index in [1.165, 1.54) is 5.56 Å². The van der Waals surface area contributed by atoms with Gasteiger partial charge < -0.3 is 19.9 Å². The molecule has 0 atom stereocenters. The van der Waals surface area contributed by atoms with Crippen LogP contribution in [0.25, 0.3) is 0 Å². The number of amides is 1.